The van der Waals surface area contributed by atoms with E-state index in [0.29, 0.717) is 28.3 Å². The monoisotopic (exact) mass is 549 g/mol. The first kappa shape index (κ1) is 27.7. The third-order valence-electron chi connectivity index (χ3n) is 6.29. The van der Waals surface area contributed by atoms with Gasteiger partial charge in [-0.25, -0.2) is 9.18 Å². The molecule has 1 fully saturated rings. The van der Waals surface area contributed by atoms with Crippen LogP contribution in [0.3, 0.4) is 0 Å². The molecule has 4 rings (SSSR count). The Morgan fingerprint density at radius 2 is 1.72 bits per heavy atom. The Bertz CT molecular complexity index is 1360. The van der Waals surface area contributed by atoms with Crippen molar-refractivity contribution in [1.29, 1.82) is 0 Å². The highest BCUT2D eigenvalue weighted by atomic mass is 32.1. The predicted octanol–water partition coefficient (Wildman–Crippen LogP) is 4.58. The Morgan fingerprint density at radius 3 is 2.36 bits per heavy atom. The fourth-order valence-electron chi connectivity index (χ4n) is 4.29. The Balaban J connectivity index is 1.56. The number of nitrogens with one attached hydrogen (secondary N) is 1. The number of esters is 1. The van der Waals surface area contributed by atoms with E-state index in [1.165, 1.54) is 11.0 Å². The zero-order chi connectivity index (χ0) is 27.9. The molecule has 0 aliphatic carbocycles. The zero-order valence-corrected chi connectivity index (χ0v) is 22.4. The molecule has 1 atom stereocenters. The van der Waals surface area contributed by atoms with Crippen molar-refractivity contribution in [2.75, 3.05) is 30.5 Å². The summed E-state index contributed by atoms with van der Waals surface area (Å²) in [5.41, 5.74) is 1.82. The van der Waals surface area contributed by atoms with Crippen LogP contribution in [0, 0.1) is 5.82 Å². The topological polar surface area (TPSA) is 88.2 Å². The molecule has 10 heteroatoms. The molecule has 0 bridgehead atoms. The number of nitrogens with zero attached hydrogens (tertiary/aromatic N) is 2. The summed E-state index contributed by atoms with van der Waals surface area (Å²) in [6, 6.07) is 18.6. The smallest absolute Gasteiger partial charge is 0.338 e. The quantitative estimate of drug-likeness (QED) is 0.293. The number of thiocarbonyl (C=S) groups is 1. The molecule has 1 aliphatic rings. The molecule has 1 N–H and O–H groups in total. The maximum absolute atomic E-state index is 14.3. The largest absolute Gasteiger partial charge is 0.497 e. The van der Waals surface area contributed by atoms with Crippen LogP contribution in [-0.4, -0.2) is 54.1 Å². The van der Waals surface area contributed by atoms with Gasteiger partial charge in [0.2, 0.25) is 5.91 Å². The summed E-state index contributed by atoms with van der Waals surface area (Å²) in [5.74, 6) is -0.944. The van der Waals surface area contributed by atoms with E-state index in [-0.39, 0.29) is 48.7 Å². The fourth-order valence-corrected chi connectivity index (χ4v) is 4.70. The molecule has 1 saturated heterocycles. The van der Waals surface area contributed by atoms with Crippen molar-refractivity contribution in [2.24, 2.45) is 0 Å². The summed E-state index contributed by atoms with van der Waals surface area (Å²) in [6.45, 7) is 2.18. The molecule has 0 spiro atoms. The third-order valence-corrected chi connectivity index (χ3v) is 6.70. The summed E-state index contributed by atoms with van der Waals surface area (Å²) in [4.78, 5) is 41.7. The number of methoxy groups -OCH3 is 1. The zero-order valence-electron chi connectivity index (χ0n) is 21.6. The van der Waals surface area contributed by atoms with E-state index in [9.17, 15) is 18.8 Å². The van der Waals surface area contributed by atoms with Crippen LogP contribution in [0.1, 0.15) is 29.3 Å². The van der Waals surface area contributed by atoms with Gasteiger partial charge < -0.3 is 19.7 Å². The van der Waals surface area contributed by atoms with Crippen molar-refractivity contribution in [3.63, 3.8) is 0 Å². The number of amides is 2. The van der Waals surface area contributed by atoms with Crippen molar-refractivity contribution < 1.29 is 28.2 Å². The van der Waals surface area contributed by atoms with Crippen molar-refractivity contribution in [2.45, 2.75) is 25.8 Å². The lowest BCUT2D eigenvalue weighted by Gasteiger charge is -2.24. The Labute approximate surface area is 231 Å². The highest BCUT2D eigenvalue weighted by Gasteiger charge is 2.44. The van der Waals surface area contributed by atoms with Crippen LogP contribution in [0.25, 0.3) is 0 Å². The third kappa shape index (κ3) is 6.40. The van der Waals surface area contributed by atoms with Crippen molar-refractivity contribution in [3.05, 3.63) is 89.7 Å². The SMILES string of the molecule is CCOC(=O)c1ccc(N2C(=O)[C@@H](CC(=O)Nc3ccc(OC)cc3)N(CCc3ccccc3F)C2=S)cc1. The molecule has 202 valence electrons. The van der Waals surface area contributed by atoms with Crippen LogP contribution in [0.5, 0.6) is 5.75 Å². The predicted molar refractivity (Wildman–Crippen MR) is 149 cm³/mol. The Kier molecular flexibility index (Phi) is 8.88. The average molecular weight is 550 g/mol. The number of hydrogen-bond donors (Lipinski definition) is 1. The number of rotatable bonds is 10. The van der Waals surface area contributed by atoms with E-state index in [2.05, 4.69) is 5.32 Å². The second-order valence-electron chi connectivity index (χ2n) is 8.75. The normalized spacial score (nSPS) is 14.9. The summed E-state index contributed by atoms with van der Waals surface area (Å²) in [6.07, 6.45) is 0.117. The van der Waals surface area contributed by atoms with Gasteiger partial charge in [0, 0.05) is 12.2 Å². The number of carbonyl (C=O) groups excluding carboxylic acids is 3. The molecule has 8 nitrogen and oxygen atoms in total. The maximum Gasteiger partial charge on any atom is 0.338 e. The average Bonchev–Trinajstić information content (AvgIpc) is 3.17. The van der Waals surface area contributed by atoms with E-state index >= 15 is 0 Å². The maximum atomic E-state index is 14.3. The number of ether oxygens (including phenoxy) is 2. The second kappa shape index (κ2) is 12.5. The number of carbonyl (C=O) groups is 3. The summed E-state index contributed by atoms with van der Waals surface area (Å²) in [7, 11) is 1.55. The van der Waals surface area contributed by atoms with Crippen LogP contribution in [-0.2, 0) is 20.7 Å². The first-order chi connectivity index (χ1) is 18.8. The van der Waals surface area contributed by atoms with E-state index in [1.807, 2.05) is 0 Å². The minimum atomic E-state index is -0.896. The summed E-state index contributed by atoms with van der Waals surface area (Å²) >= 11 is 5.68. The van der Waals surface area contributed by atoms with Crippen LogP contribution >= 0.6 is 12.2 Å². The molecule has 0 aromatic heterocycles. The van der Waals surface area contributed by atoms with Gasteiger partial charge in [-0.3, -0.25) is 14.5 Å². The second-order valence-corrected chi connectivity index (χ2v) is 9.12. The lowest BCUT2D eigenvalue weighted by Crippen LogP contribution is -2.39. The van der Waals surface area contributed by atoms with Gasteiger partial charge in [-0.15, -0.1) is 0 Å². The van der Waals surface area contributed by atoms with Crippen LogP contribution in [0.15, 0.2) is 72.8 Å². The minimum Gasteiger partial charge on any atom is -0.497 e. The lowest BCUT2D eigenvalue weighted by molar-refractivity contribution is -0.124. The Morgan fingerprint density at radius 1 is 1.03 bits per heavy atom. The first-order valence-electron chi connectivity index (χ1n) is 12.4. The minimum absolute atomic E-state index is 0.167. The van der Waals surface area contributed by atoms with Crippen molar-refractivity contribution >= 4 is 46.5 Å². The molecule has 1 heterocycles. The number of hydrogen-bond acceptors (Lipinski definition) is 6. The number of anilines is 2. The molecule has 1 aliphatic heterocycles. The standard InChI is InChI=1S/C29H28FN3O5S/c1-3-38-28(36)20-8-12-22(13-9-20)33-27(35)25(18-26(34)31-21-10-14-23(37-2)15-11-21)32(29(33)39)17-16-19-6-4-5-7-24(19)30/h4-15,25H,3,16-18H2,1-2H3,(H,31,34)/t25-/m1/s1. The molecule has 3 aromatic rings. The molecule has 0 unspecified atom stereocenters. The molecule has 0 saturated carbocycles. The van der Waals surface area contributed by atoms with Crippen LogP contribution in [0.4, 0.5) is 15.8 Å². The van der Waals surface area contributed by atoms with Crippen molar-refractivity contribution in [3.8, 4) is 5.75 Å². The summed E-state index contributed by atoms with van der Waals surface area (Å²) in [5, 5.41) is 3.00. The van der Waals surface area contributed by atoms with E-state index in [0.717, 1.165) is 0 Å². The first-order valence-corrected chi connectivity index (χ1v) is 12.8. The molecule has 3 aromatic carbocycles. The van der Waals surface area contributed by atoms with Gasteiger partial charge in [0.1, 0.15) is 17.6 Å². The highest BCUT2D eigenvalue weighted by Crippen LogP contribution is 2.28. The molecule has 39 heavy (non-hydrogen) atoms. The number of benzene rings is 3. The van der Waals surface area contributed by atoms with Crippen LogP contribution in [0.2, 0.25) is 0 Å². The fraction of sp³-hybridized carbons (Fsp3) is 0.241. The van der Waals surface area contributed by atoms with Gasteiger partial charge in [0.05, 0.1) is 31.4 Å². The van der Waals surface area contributed by atoms with Gasteiger partial charge in [-0.2, -0.15) is 0 Å². The van der Waals surface area contributed by atoms with Gasteiger partial charge in [0.25, 0.3) is 5.91 Å². The van der Waals surface area contributed by atoms with Gasteiger partial charge in [-0.05, 0) is 85.7 Å². The van der Waals surface area contributed by atoms with Crippen molar-refractivity contribution in [1.82, 2.24) is 4.90 Å². The molecular weight excluding hydrogens is 521 g/mol. The van der Waals surface area contributed by atoms with E-state index in [1.54, 1.807) is 85.7 Å². The van der Waals surface area contributed by atoms with Gasteiger partial charge >= 0.3 is 5.97 Å². The molecular formula is C29H28FN3O5S. The van der Waals surface area contributed by atoms with Gasteiger partial charge in [-0.1, -0.05) is 18.2 Å². The summed E-state index contributed by atoms with van der Waals surface area (Å²) < 4.78 is 24.5. The van der Waals surface area contributed by atoms with E-state index in [4.69, 9.17) is 21.7 Å². The van der Waals surface area contributed by atoms with Crippen LogP contribution < -0.4 is 15.0 Å². The van der Waals surface area contributed by atoms with E-state index < -0.39 is 12.0 Å². The number of halogens is 1. The van der Waals surface area contributed by atoms with Gasteiger partial charge in [0.15, 0.2) is 5.11 Å². The highest BCUT2D eigenvalue weighted by molar-refractivity contribution is 7.80. The molecule has 0 radical (unpaired) electrons. The Hall–Kier alpha value is -4.31. The molecule has 2 amide bonds. The lowest BCUT2D eigenvalue weighted by atomic mass is 10.1.